The van der Waals surface area contributed by atoms with Crippen molar-refractivity contribution in [1.82, 2.24) is 19.6 Å². The molecule has 220 valence electrons. The molecule has 41 heavy (non-hydrogen) atoms. The van der Waals surface area contributed by atoms with Crippen LogP contribution in [0.3, 0.4) is 0 Å². The van der Waals surface area contributed by atoms with Gasteiger partial charge in [-0.3, -0.25) is 9.78 Å². The minimum absolute atomic E-state index is 0.0387. The standard InChI is InChI=1S/C28H33F2N5O5S/c1-17-13-34(14-18(2)40-17)26-5-3-4-25(33-26)19-6-7-20-12-31-22(9-21(20)8-19)11-27(37)32-23-10-24(16-36)35(15-23)41(38,39)28(29)30/h3-9,12,17-18,23-24,28,36H,10-11,13-16H2,1-2H3,(H,32,37)/t17-,18+,23-,24-/m0/s1. The topological polar surface area (TPSA) is 125 Å². The molecule has 0 bridgehead atoms. The van der Waals surface area contributed by atoms with E-state index in [-0.39, 0.29) is 31.6 Å². The average molecular weight is 590 g/mol. The van der Waals surface area contributed by atoms with Crippen molar-refractivity contribution in [1.29, 1.82) is 0 Å². The number of nitrogens with zero attached hydrogens (tertiary/aromatic N) is 4. The molecule has 1 amide bonds. The molecular formula is C28H33F2N5O5S. The van der Waals surface area contributed by atoms with Gasteiger partial charge in [-0.2, -0.15) is 13.1 Å². The molecule has 2 aliphatic rings. The maximum absolute atomic E-state index is 13.0. The zero-order valence-corrected chi connectivity index (χ0v) is 23.6. The first-order chi connectivity index (χ1) is 19.5. The van der Waals surface area contributed by atoms with Crippen LogP contribution in [0.4, 0.5) is 14.6 Å². The number of benzene rings is 1. The fourth-order valence-corrected chi connectivity index (χ4v) is 6.74. The van der Waals surface area contributed by atoms with Gasteiger partial charge in [-0.15, -0.1) is 0 Å². The lowest BCUT2D eigenvalue weighted by Crippen LogP contribution is -2.45. The first-order valence-electron chi connectivity index (χ1n) is 13.5. The lowest BCUT2D eigenvalue weighted by atomic mass is 10.0. The molecule has 2 N–H and O–H groups in total. The summed E-state index contributed by atoms with van der Waals surface area (Å²) in [5.74, 6) is -3.14. The number of morpholine rings is 1. The third-order valence-corrected chi connectivity index (χ3v) is 8.94. The van der Waals surface area contributed by atoms with Crippen molar-refractivity contribution in [2.75, 3.05) is 31.1 Å². The number of alkyl halides is 2. The van der Waals surface area contributed by atoms with Gasteiger partial charge in [-0.05, 0) is 49.9 Å². The number of rotatable bonds is 8. The highest BCUT2D eigenvalue weighted by molar-refractivity contribution is 7.89. The van der Waals surface area contributed by atoms with Crippen LogP contribution in [0, 0.1) is 0 Å². The van der Waals surface area contributed by atoms with Gasteiger partial charge in [-0.1, -0.05) is 18.2 Å². The van der Waals surface area contributed by atoms with Crippen molar-refractivity contribution in [2.24, 2.45) is 0 Å². The van der Waals surface area contributed by atoms with E-state index in [9.17, 15) is 27.1 Å². The summed E-state index contributed by atoms with van der Waals surface area (Å²) in [5.41, 5.74) is 2.23. The number of fused-ring (bicyclic) bond motifs is 1. The average Bonchev–Trinajstić information content (AvgIpc) is 3.35. The molecule has 2 saturated heterocycles. The summed E-state index contributed by atoms with van der Waals surface area (Å²) in [6.45, 7) is 4.68. The van der Waals surface area contributed by atoms with E-state index in [0.29, 0.717) is 10.00 Å². The van der Waals surface area contributed by atoms with E-state index in [4.69, 9.17) is 9.72 Å². The summed E-state index contributed by atoms with van der Waals surface area (Å²) in [4.78, 5) is 24.3. The molecule has 3 aromatic rings. The molecule has 5 rings (SSSR count). The van der Waals surface area contributed by atoms with Gasteiger partial charge >= 0.3 is 5.76 Å². The van der Waals surface area contributed by atoms with E-state index in [1.165, 1.54) is 0 Å². The van der Waals surface area contributed by atoms with Gasteiger partial charge in [0.05, 0.1) is 42.7 Å². The minimum atomic E-state index is -4.87. The summed E-state index contributed by atoms with van der Waals surface area (Å²) < 4.78 is 56.3. The number of aliphatic hydroxyl groups excluding tert-OH is 1. The Bertz CT molecular complexity index is 1510. The first kappa shape index (κ1) is 29.2. The second-order valence-corrected chi connectivity index (χ2v) is 12.5. The predicted octanol–water partition coefficient (Wildman–Crippen LogP) is 2.56. The van der Waals surface area contributed by atoms with Gasteiger partial charge in [0.25, 0.3) is 10.0 Å². The van der Waals surface area contributed by atoms with Crippen LogP contribution in [0.25, 0.3) is 22.0 Å². The molecule has 13 heteroatoms. The van der Waals surface area contributed by atoms with Crippen LogP contribution < -0.4 is 10.2 Å². The van der Waals surface area contributed by atoms with Crippen LogP contribution >= 0.6 is 0 Å². The number of anilines is 1. The molecule has 0 aliphatic carbocycles. The zero-order valence-electron chi connectivity index (χ0n) is 22.8. The van der Waals surface area contributed by atoms with Gasteiger partial charge in [0.1, 0.15) is 5.82 Å². The van der Waals surface area contributed by atoms with Crippen LogP contribution in [0.5, 0.6) is 0 Å². The monoisotopic (exact) mass is 589 g/mol. The van der Waals surface area contributed by atoms with E-state index in [2.05, 4.69) is 15.2 Å². The molecule has 1 aromatic carbocycles. The molecule has 2 aromatic heterocycles. The SMILES string of the molecule is C[C@@H]1CN(c2cccc(-c3ccc4cnc(CC(=O)N[C@H]5C[C@@H](CO)N(S(=O)(=O)C(F)F)C5)cc4c3)n2)C[C@H](C)O1. The van der Waals surface area contributed by atoms with Gasteiger partial charge in [0, 0.05) is 42.8 Å². The molecule has 2 fully saturated rings. The highest BCUT2D eigenvalue weighted by Gasteiger charge is 2.43. The van der Waals surface area contributed by atoms with Crippen LogP contribution in [-0.2, 0) is 26.0 Å². The maximum Gasteiger partial charge on any atom is 0.350 e. The van der Waals surface area contributed by atoms with Crippen molar-refractivity contribution in [2.45, 2.75) is 56.7 Å². The predicted molar refractivity (Wildman–Crippen MR) is 150 cm³/mol. The number of aromatic nitrogens is 2. The zero-order chi connectivity index (χ0) is 29.3. The lowest BCUT2D eigenvalue weighted by molar-refractivity contribution is -0.121. The van der Waals surface area contributed by atoms with Gasteiger partial charge in [0.2, 0.25) is 5.91 Å². The minimum Gasteiger partial charge on any atom is -0.395 e. The Morgan fingerprint density at radius 3 is 2.59 bits per heavy atom. The highest BCUT2D eigenvalue weighted by atomic mass is 32.2. The Hall–Kier alpha value is -3.26. The Balaban J connectivity index is 1.29. The molecule has 0 unspecified atom stereocenters. The molecule has 4 heterocycles. The van der Waals surface area contributed by atoms with E-state index in [0.717, 1.165) is 40.9 Å². The number of halogens is 2. The largest absolute Gasteiger partial charge is 0.395 e. The van der Waals surface area contributed by atoms with Gasteiger partial charge < -0.3 is 20.1 Å². The fraction of sp³-hybridized carbons (Fsp3) is 0.464. The Kier molecular flexibility index (Phi) is 8.50. The van der Waals surface area contributed by atoms with Gasteiger partial charge in [0.15, 0.2) is 0 Å². The van der Waals surface area contributed by atoms with Crippen molar-refractivity contribution >= 4 is 32.5 Å². The highest BCUT2D eigenvalue weighted by Crippen LogP contribution is 2.27. The molecule has 10 nitrogen and oxygen atoms in total. The third kappa shape index (κ3) is 6.48. The number of pyridine rings is 2. The summed E-state index contributed by atoms with van der Waals surface area (Å²) in [5, 5.41) is 13.9. The molecule has 0 saturated carbocycles. The van der Waals surface area contributed by atoms with Crippen LogP contribution in [0.2, 0.25) is 0 Å². The molecule has 0 radical (unpaired) electrons. The number of ether oxygens (including phenoxy) is 1. The maximum atomic E-state index is 13.0. The quantitative estimate of drug-likeness (QED) is 0.411. The molecule has 4 atom stereocenters. The molecule has 0 spiro atoms. The number of nitrogens with one attached hydrogen (secondary N) is 1. The summed E-state index contributed by atoms with van der Waals surface area (Å²) in [6.07, 6.45) is 1.86. The van der Waals surface area contributed by atoms with Crippen molar-refractivity contribution < 1.29 is 31.8 Å². The Morgan fingerprint density at radius 1 is 1.12 bits per heavy atom. The van der Waals surface area contributed by atoms with E-state index < -0.39 is 40.4 Å². The summed E-state index contributed by atoms with van der Waals surface area (Å²) in [7, 11) is -4.87. The van der Waals surface area contributed by atoms with E-state index in [1.807, 2.05) is 56.3 Å². The number of carbonyl (C=O) groups is 1. The van der Waals surface area contributed by atoms with Crippen molar-refractivity contribution in [3.8, 4) is 11.3 Å². The lowest BCUT2D eigenvalue weighted by Gasteiger charge is -2.36. The normalized spacial score (nSPS) is 23.8. The van der Waals surface area contributed by atoms with Crippen LogP contribution in [0.1, 0.15) is 26.0 Å². The van der Waals surface area contributed by atoms with Crippen molar-refractivity contribution in [3.05, 3.63) is 54.4 Å². The van der Waals surface area contributed by atoms with E-state index in [1.54, 1.807) is 6.20 Å². The summed E-state index contributed by atoms with van der Waals surface area (Å²) >= 11 is 0. The Morgan fingerprint density at radius 2 is 1.88 bits per heavy atom. The first-order valence-corrected chi connectivity index (χ1v) is 15.0. The number of amides is 1. The second kappa shape index (κ2) is 11.9. The van der Waals surface area contributed by atoms with Gasteiger partial charge in [-0.25, -0.2) is 13.4 Å². The van der Waals surface area contributed by atoms with Crippen molar-refractivity contribution in [3.63, 3.8) is 0 Å². The number of hydrogen-bond donors (Lipinski definition) is 2. The van der Waals surface area contributed by atoms with Crippen LogP contribution in [0.15, 0.2) is 48.7 Å². The smallest absolute Gasteiger partial charge is 0.350 e. The Labute approximate surface area is 237 Å². The number of aliphatic hydroxyl groups is 1. The molecule has 2 aliphatic heterocycles. The fourth-order valence-electron chi connectivity index (χ4n) is 5.58. The third-order valence-electron chi connectivity index (χ3n) is 7.39. The number of hydrogen-bond acceptors (Lipinski definition) is 8. The van der Waals surface area contributed by atoms with Crippen LogP contribution in [-0.4, -0.2) is 90.0 Å². The van der Waals surface area contributed by atoms with E-state index >= 15 is 0 Å². The summed E-state index contributed by atoms with van der Waals surface area (Å²) in [6, 6.07) is 11.9. The number of carbonyl (C=O) groups excluding carboxylic acids is 1. The second-order valence-electron chi connectivity index (χ2n) is 10.7. The number of sulfonamides is 1. The molecular weight excluding hydrogens is 556 g/mol.